The van der Waals surface area contributed by atoms with E-state index in [0.29, 0.717) is 5.75 Å². The molecule has 2 aromatic rings. The van der Waals surface area contributed by atoms with Gasteiger partial charge in [0.25, 0.3) is 0 Å². The molecule has 0 fully saturated rings. The number of hydrogen-bond donors (Lipinski definition) is 1. The van der Waals surface area contributed by atoms with Gasteiger partial charge in [0.15, 0.2) is 0 Å². The van der Waals surface area contributed by atoms with Crippen molar-refractivity contribution >= 4 is 23.4 Å². The molecule has 0 aromatic heterocycles. The third-order valence-corrected chi connectivity index (χ3v) is 4.41. The monoisotopic (exact) mass is 369 g/mol. The first kappa shape index (κ1) is 19.2. The number of carbonyl (C=O) groups excluding carboxylic acids is 1. The van der Waals surface area contributed by atoms with Crippen molar-refractivity contribution in [3.8, 4) is 5.75 Å². The predicted octanol–water partition coefficient (Wildman–Crippen LogP) is 4.89. The summed E-state index contributed by atoms with van der Waals surface area (Å²) in [7, 11) is 1.57. The van der Waals surface area contributed by atoms with Crippen LogP contribution in [-0.4, -0.2) is 18.8 Å². The van der Waals surface area contributed by atoms with Gasteiger partial charge in [0.1, 0.15) is 5.75 Å². The van der Waals surface area contributed by atoms with Gasteiger partial charge < -0.3 is 10.1 Å². The summed E-state index contributed by atoms with van der Waals surface area (Å²) in [4.78, 5) is 12.0. The SMILES string of the molecule is COc1ccc(C)cc1CSCC(=O)Nc1ccccc1C(F)(F)F. The van der Waals surface area contributed by atoms with Crippen LogP contribution in [0.2, 0.25) is 0 Å². The van der Waals surface area contributed by atoms with Crippen LogP contribution in [0.15, 0.2) is 42.5 Å². The van der Waals surface area contributed by atoms with Gasteiger partial charge in [-0.2, -0.15) is 13.2 Å². The maximum Gasteiger partial charge on any atom is 0.418 e. The molecule has 3 nitrogen and oxygen atoms in total. The number of alkyl halides is 3. The predicted molar refractivity (Wildman–Crippen MR) is 94.0 cm³/mol. The van der Waals surface area contributed by atoms with Crippen LogP contribution in [0, 0.1) is 6.92 Å². The number of methoxy groups -OCH3 is 1. The molecular formula is C18H18F3NO2S. The van der Waals surface area contributed by atoms with E-state index in [2.05, 4.69) is 5.32 Å². The maximum atomic E-state index is 12.9. The van der Waals surface area contributed by atoms with Crippen LogP contribution in [0.3, 0.4) is 0 Å². The van der Waals surface area contributed by atoms with Gasteiger partial charge in [0, 0.05) is 11.3 Å². The highest BCUT2D eigenvalue weighted by Crippen LogP contribution is 2.34. The van der Waals surface area contributed by atoms with Crippen molar-refractivity contribution in [2.45, 2.75) is 18.9 Å². The number of hydrogen-bond acceptors (Lipinski definition) is 3. The third-order valence-electron chi connectivity index (χ3n) is 3.43. The molecule has 0 bridgehead atoms. The molecule has 1 N–H and O–H groups in total. The molecule has 0 aliphatic heterocycles. The topological polar surface area (TPSA) is 38.3 Å². The van der Waals surface area contributed by atoms with Crippen molar-refractivity contribution < 1.29 is 22.7 Å². The Hall–Kier alpha value is -2.15. The summed E-state index contributed by atoms with van der Waals surface area (Å²) >= 11 is 1.31. The van der Waals surface area contributed by atoms with E-state index in [0.717, 1.165) is 22.9 Å². The molecule has 0 spiro atoms. The average molecular weight is 369 g/mol. The zero-order valence-corrected chi connectivity index (χ0v) is 14.6. The molecule has 0 radical (unpaired) electrons. The summed E-state index contributed by atoms with van der Waals surface area (Å²) in [6.07, 6.45) is -4.51. The van der Waals surface area contributed by atoms with E-state index < -0.39 is 17.6 Å². The number of amides is 1. The smallest absolute Gasteiger partial charge is 0.418 e. The standard InChI is InChI=1S/C18H18F3NO2S/c1-12-7-8-16(24-2)13(9-12)10-25-11-17(23)22-15-6-4-3-5-14(15)18(19,20)21/h3-9H,10-11H2,1-2H3,(H,22,23). The number of rotatable bonds is 6. The molecule has 0 saturated heterocycles. The fourth-order valence-corrected chi connectivity index (χ4v) is 3.10. The minimum Gasteiger partial charge on any atom is -0.496 e. The van der Waals surface area contributed by atoms with Crippen molar-refractivity contribution in [3.63, 3.8) is 0 Å². The Morgan fingerprint density at radius 2 is 1.92 bits per heavy atom. The number of benzene rings is 2. The number of ether oxygens (including phenoxy) is 1. The second kappa shape index (κ2) is 8.29. The van der Waals surface area contributed by atoms with E-state index in [1.165, 1.54) is 30.0 Å². The Morgan fingerprint density at radius 3 is 2.60 bits per heavy atom. The van der Waals surface area contributed by atoms with Crippen molar-refractivity contribution in [2.24, 2.45) is 0 Å². The van der Waals surface area contributed by atoms with E-state index in [1.807, 2.05) is 25.1 Å². The molecule has 0 aliphatic carbocycles. The lowest BCUT2D eigenvalue weighted by molar-refractivity contribution is -0.137. The van der Waals surface area contributed by atoms with Crippen LogP contribution < -0.4 is 10.1 Å². The van der Waals surface area contributed by atoms with Gasteiger partial charge in [-0.25, -0.2) is 0 Å². The lowest BCUT2D eigenvalue weighted by Gasteiger charge is -2.13. The lowest BCUT2D eigenvalue weighted by Crippen LogP contribution is -2.18. The highest BCUT2D eigenvalue weighted by Gasteiger charge is 2.33. The van der Waals surface area contributed by atoms with Gasteiger partial charge in [-0.3, -0.25) is 4.79 Å². The summed E-state index contributed by atoms with van der Waals surface area (Å²) in [5.41, 5.74) is 0.929. The molecule has 0 heterocycles. The van der Waals surface area contributed by atoms with Crippen molar-refractivity contribution in [3.05, 3.63) is 59.2 Å². The van der Waals surface area contributed by atoms with Gasteiger partial charge >= 0.3 is 6.18 Å². The molecule has 1 amide bonds. The number of aryl methyl sites for hydroxylation is 1. The molecule has 0 aliphatic rings. The average Bonchev–Trinajstić information content (AvgIpc) is 2.54. The summed E-state index contributed by atoms with van der Waals surface area (Å²) in [5.74, 6) is 0.817. The Morgan fingerprint density at radius 1 is 1.20 bits per heavy atom. The summed E-state index contributed by atoms with van der Waals surface area (Å²) < 4.78 is 44.0. The number of thioether (sulfide) groups is 1. The second-order valence-corrected chi connectivity index (χ2v) is 6.39. The Kier molecular flexibility index (Phi) is 6.36. The zero-order chi connectivity index (χ0) is 18.4. The first-order valence-corrected chi connectivity index (χ1v) is 8.64. The van der Waals surface area contributed by atoms with Gasteiger partial charge in [0.05, 0.1) is 24.1 Å². The van der Waals surface area contributed by atoms with Crippen molar-refractivity contribution in [2.75, 3.05) is 18.2 Å². The minimum absolute atomic E-state index is 0.0449. The zero-order valence-electron chi connectivity index (χ0n) is 13.8. The largest absolute Gasteiger partial charge is 0.496 e. The fraction of sp³-hybridized carbons (Fsp3) is 0.278. The van der Waals surface area contributed by atoms with Gasteiger partial charge in [-0.1, -0.05) is 29.8 Å². The molecule has 134 valence electrons. The molecule has 2 rings (SSSR count). The van der Waals surface area contributed by atoms with E-state index in [1.54, 1.807) is 7.11 Å². The van der Waals surface area contributed by atoms with Crippen LogP contribution in [0.4, 0.5) is 18.9 Å². The molecule has 25 heavy (non-hydrogen) atoms. The molecular weight excluding hydrogens is 351 g/mol. The van der Waals surface area contributed by atoms with Crippen LogP contribution in [0.5, 0.6) is 5.75 Å². The summed E-state index contributed by atoms with van der Waals surface area (Å²) in [6, 6.07) is 10.7. The lowest BCUT2D eigenvalue weighted by atomic mass is 10.1. The van der Waals surface area contributed by atoms with E-state index in [9.17, 15) is 18.0 Å². The normalized spacial score (nSPS) is 11.2. The van der Waals surface area contributed by atoms with Crippen molar-refractivity contribution in [1.29, 1.82) is 0 Å². The number of carbonyl (C=O) groups is 1. The minimum atomic E-state index is -4.51. The van der Waals surface area contributed by atoms with E-state index in [4.69, 9.17) is 4.74 Å². The molecule has 0 atom stereocenters. The van der Waals surface area contributed by atoms with Crippen LogP contribution >= 0.6 is 11.8 Å². The van der Waals surface area contributed by atoms with E-state index in [-0.39, 0.29) is 11.4 Å². The van der Waals surface area contributed by atoms with Crippen LogP contribution in [0.25, 0.3) is 0 Å². The fourth-order valence-electron chi connectivity index (χ4n) is 2.30. The highest BCUT2D eigenvalue weighted by atomic mass is 32.2. The number of anilines is 1. The Bertz CT molecular complexity index is 747. The second-order valence-electron chi connectivity index (χ2n) is 5.40. The van der Waals surface area contributed by atoms with Crippen molar-refractivity contribution in [1.82, 2.24) is 0 Å². The van der Waals surface area contributed by atoms with E-state index >= 15 is 0 Å². The number of halogens is 3. The number of nitrogens with one attached hydrogen (secondary N) is 1. The Labute approximate surface area is 148 Å². The quantitative estimate of drug-likeness (QED) is 0.788. The van der Waals surface area contributed by atoms with Gasteiger partial charge in [-0.05, 0) is 25.1 Å². The van der Waals surface area contributed by atoms with Gasteiger partial charge in [0.2, 0.25) is 5.91 Å². The molecule has 2 aromatic carbocycles. The maximum absolute atomic E-state index is 12.9. The summed E-state index contributed by atoms with van der Waals surface area (Å²) in [5, 5.41) is 2.33. The molecule has 7 heteroatoms. The molecule has 0 unspecified atom stereocenters. The van der Waals surface area contributed by atoms with Crippen LogP contribution in [-0.2, 0) is 16.7 Å². The third kappa shape index (κ3) is 5.42. The molecule has 0 saturated carbocycles. The summed E-state index contributed by atoms with van der Waals surface area (Å²) in [6.45, 7) is 1.95. The van der Waals surface area contributed by atoms with Gasteiger partial charge in [-0.15, -0.1) is 11.8 Å². The number of para-hydroxylation sites is 1. The highest BCUT2D eigenvalue weighted by molar-refractivity contribution is 7.99. The Balaban J connectivity index is 1.95. The van der Waals surface area contributed by atoms with Crippen LogP contribution in [0.1, 0.15) is 16.7 Å². The first-order chi connectivity index (χ1) is 11.8. The first-order valence-electron chi connectivity index (χ1n) is 7.48.